The normalized spacial score (nSPS) is 18.0. The topological polar surface area (TPSA) is 91.2 Å². The Morgan fingerprint density at radius 1 is 1.21 bits per heavy atom. The van der Waals surface area contributed by atoms with Crippen molar-refractivity contribution in [2.45, 2.75) is 51.2 Å². The molecule has 4 heterocycles. The fraction of sp³-hybridized carbons (Fsp3) is 0.636. The first-order valence-electron chi connectivity index (χ1n) is 11.7. The summed E-state index contributed by atoms with van der Waals surface area (Å²) in [5.74, 6) is -0.116. The Hall–Kier alpha value is -2.89. The number of anilines is 3. The van der Waals surface area contributed by atoms with Crippen LogP contribution in [0.25, 0.3) is 0 Å². The van der Waals surface area contributed by atoms with E-state index in [1.54, 1.807) is 4.90 Å². The van der Waals surface area contributed by atoms with Crippen molar-refractivity contribution in [2.24, 2.45) is 0 Å². The fourth-order valence-electron chi connectivity index (χ4n) is 4.37. The highest BCUT2D eigenvalue weighted by atomic mass is 19.4. The second kappa shape index (κ2) is 10.2. The number of alkyl halides is 3. The number of halogens is 3. The van der Waals surface area contributed by atoms with Crippen LogP contribution in [0.2, 0.25) is 0 Å². The van der Waals surface area contributed by atoms with Crippen LogP contribution in [0.5, 0.6) is 0 Å². The zero-order valence-corrected chi connectivity index (χ0v) is 19.5. The van der Waals surface area contributed by atoms with Gasteiger partial charge < -0.3 is 20.4 Å². The van der Waals surface area contributed by atoms with Gasteiger partial charge in [0.15, 0.2) is 0 Å². The molecule has 0 bridgehead atoms. The van der Waals surface area contributed by atoms with Crippen LogP contribution in [-0.2, 0) is 11.0 Å². The van der Waals surface area contributed by atoms with Crippen LogP contribution < -0.4 is 10.6 Å². The number of piperidine rings is 1. The second-order valence-corrected chi connectivity index (χ2v) is 8.99. The maximum Gasteiger partial charge on any atom is 0.421 e. The number of nitrogens with zero attached hydrogens (tertiary/aromatic N) is 6. The summed E-state index contributed by atoms with van der Waals surface area (Å²) in [6.07, 6.45) is 1.96. The van der Waals surface area contributed by atoms with Crippen molar-refractivity contribution in [3.63, 3.8) is 0 Å². The van der Waals surface area contributed by atoms with Crippen LogP contribution in [0.1, 0.15) is 49.4 Å². The molecule has 0 radical (unpaired) electrons. The molecule has 0 atom stereocenters. The SMILES string of the molecule is Cc1nn(C2CCN(C)CC2)cc1Nc1ncc(C(F)(F)F)c(NCCCN2CCCC2=O)n1. The van der Waals surface area contributed by atoms with Crippen molar-refractivity contribution in [3.05, 3.63) is 23.7 Å². The maximum absolute atomic E-state index is 13.5. The first kappa shape index (κ1) is 24.2. The molecule has 2 aromatic heterocycles. The Morgan fingerprint density at radius 3 is 2.65 bits per heavy atom. The van der Waals surface area contributed by atoms with Crippen LogP contribution in [0.3, 0.4) is 0 Å². The molecule has 0 aliphatic carbocycles. The van der Waals surface area contributed by atoms with Gasteiger partial charge in [0.25, 0.3) is 0 Å². The first-order valence-corrected chi connectivity index (χ1v) is 11.7. The molecule has 9 nitrogen and oxygen atoms in total. The van der Waals surface area contributed by atoms with Gasteiger partial charge in [-0.15, -0.1) is 0 Å². The van der Waals surface area contributed by atoms with E-state index in [1.165, 1.54) is 0 Å². The van der Waals surface area contributed by atoms with E-state index in [9.17, 15) is 18.0 Å². The Morgan fingerprint density at radius 2 is 1.97 bits per heavy atom. The van der Waals surface area contributed by atoms with E-state index in [0.717, 1.165) is 44.2 Å². The highest BCUT2D eigenvalue weighted by Crippen LogP contribution is 2.34. The maximum atomic E-state index is 13.5. The van der Waals surface area contributed by atoms with Crippen LogP contribution in [0.4, 0.5) is 30.6 Å². The minimum Gasteiger partial charge on any atom is -0.369 e. The van der Waals surface area contributed by atoms with E-state index >= 15 is 0 Å². The van der Waals surface area contributed by atoms with Crippen molar-refractivity contribution in [1.29, 1.82) is 0 Å². The summed E-state index contributed by atoms with van der Waals surface area (Å²) in [5.41, 5.74) is 0.471. The average Bonchev–Trinajstić information content (AvgIpc) is 3.36. The summed E-state index contributed by atoms with van der Waals surface area (Å²) < 4.78 is 42.4. The molecule has 2 fully saturated rings. The molecule has 1 amide bonds. The van der Waals surface area contributed by atoms with Gasteiger partial charge in [0.1, 0.15) is 11.4 Å². The number of hydrogen-bond donors (Lipinski definition) is 2. The molecule has 0 saturated carbocycles. The van der Waals surface area contributed by atoms with Gasteiger partial charge in [0.05, 0.1) is 17.4 Å². The highest BCUT2D eigenvalue weighted by molar-refractivity contribution is 5.78. The molecule has 2 N–H and O–H groups in total. The Balaban J connectivity index is 1.43. The van der Waals surface area contributed by atoms with Gasteiger partial charge in [-0.2, -0.15) is 23.3 Å². The standard InChI is InChI=1S/C22H31F3N8O/c1-15-18(14-33(30-15)16-6-11-31(2)12-7-16)28-21-27-13-17(22(23,24)25)20(29-21)26-8-4-10-32-9-3-5-19(32)34/h13-14,16H,3-12H2,1-2H3,(H2,26,27,28,29). The lowest BCUT2D eigenvalue weighted by Crippen LogP contribution is -2.31. The summed E-state index contributed by atoms with van der Waals surface area (Å²) in [4.78, 5) is 23.7. The second-order valence-electron chi connectivity index (χ2n) is 8.99. The van der Waals surface area contributed by atoms with Gasteiger partial charge in [-0.05, 0) is 52.7 Å². The van der Waals surface area contributed by atoms with Crippen LogP contribution >= 0.6 is 0 Å². The van der Waals surface area contributed by atoms with E-state index in [1.807, 2.05) is 17.8 Å². The van der Waals surface area contributed by atoms with Crippen molar-refractivity contribution in [2.75, 3.05) is 50.4 Å². The van der Waals surface area contributed by atoms with Gasteiger partial charge >= 0.3 is 6.18 Å². The van der Waals surface area contributed by atoms with E-state index in [0.29, 0.717) is 37.7 Å². The molecule has 0 aromatic carbocycles. The highest BCUT2D eigenvalue weighted by Gasteiger charge is 2.35. The molecule has 0 spiro atoms. The molecule has 186 valence electrons. The smallest absolute Gasteiger partial charge is 0.369 e. The largest absolute Gasteiger partial charge is 0.421 e. The summed E-state index contributed by atoms with van der Waals surface area (Å²) in [6.45, 7) is 5.31. The number of rotatable bonds is 8. The summed E-state index contributed by atoms with van der Waals surface area (Å²) in [6, 6.07) is 0.290. The number of aryl methyl sites for hydroxylation is 1. The lowest BCUT2D eigenvalue weighted by molar-refractivity contribution is -0.137. The Bertz CT molecular complexity index is 1000. The molecular weight excluding hydrogens is 449 g/mol. The predicted octanol–water partition coefficient (Wildman–Crippen LogP) is 3.44. The number of hydrogen-bond acceptors (Lipinski definition) is 7. The molecule has 2 saturated heterocycles. The van der Waals surface area contributed by atoms with E-state index in [4.69, 9.17) is 0 Å². The molecule has 2 aliphatic rings. The molecule has 2 aromatic rings. The minimum absolute atomic E-state index is 0.0660. The van der Waals surface area contributed by atoms with E-state index in [-0.39, 0.29) is 24.2 Å². The van der Waals surface area contributed by atoms with Crippen LogP contribution in [0.15, 0.2) is 12.4 Å². The van der Waals surface area contributed by atoms with Crippen molar-refractivity contribution in [1.82, 2.24) is 29.5 Å². The van der Waals surface area contributed by atoms with Gasteiger partial charge in [0, 0.05) is 38.4 Å². The average molecular weight is 481 g/mol. The zero-order valence-electron chi connectivity index (χ0n) is 19.5. The summed E-state index contributed by atoms with van der Waals surface area (Å²) in [7, 11) is 2.09. The van der Waals surface area contributed by atoms with Gasteiger partial charge in [0.2, 0.25) is 11.9 Å². The third-order valence-electron chi connectivity index (χ3n) is 6.39. The van der Waals surface area contributed by atoms with Crippen molar-refractivity contribution >= 4 is 23.4 Å². The molecule has 4 rings (SSSR count). The van der Waals surface area contributed by atoms with Gasteiger partial charge in [-0.25, -0.2) is 4.98 Å². The third-order valence-corrected chi connectivity index (χ3v) is 6.39. The molecule has 12 heteroatoms. The molecule has 34 heavy (non-hydrogen) atoms. The zero-order chi connectivity index (χ0) is 24.3. The monoisotopic (exact) mass is 480 g/mol. The number of amides is 1. The predicted molar refractivity (Wildman–Crippen MR) is 122 cm³/mol. The van der Waals surface area contributed by atoms with E-state index in [2.05, 4.69) is 37.6 Å². The molecule has 0 unspecified atom stereocenters. The number of nitrogens with one attached hydrogen (secondary N) is 2. The number of carbonyl (C=O) groups is 1. The Kier molecular flexibility index (Phi) is 7.24. The quantitative estimate of drug-likeness (QED) is 0.560. The Labute approximate surface area is 196 Å². The molecule has 2 aliphatic heterocycles. The third kappa shape index (κ3) is 5.78. The fourth-order valence-corrected chi connectivity index (χ4v) is 4.37. The van der Waals surface area contributed by atoms with Crippen LogP contribution in [-0.4, -0.2) is 75.2 Å². The number of aromatic nitrogens is 4. The van der Waals surface area contributed by atoms with Gasteiger partial charge in [-0.1, -0.05) is 0 Å². The van der Waals surface area contributed by atoms with Gasteiger partial charge in [-0.3, -0.25) is 9.48 Å². The summed E-state index contributed by atoms with van der Waals surface area (Å²) in [5, 5.41) is 10.4. The van der Waals surface area contributed by atoms with Crippen LogP contribution in [0, 0.1) is 6.92 Å². The lowest BCUT2D eigenvalue weighted by Gasteiger charge is -2.28. The lowest BCUT2D eigenvalue weighted by atomic mass is 10.1. The number of likely N-dealkylation sites (tertiary alicyclic amines) is 2. The van der Waals surface area contributed by atoms with Crippen molar-refractivity contribution in [3.8, 4) is 0 Å². The number of carbonyl (C=O) groups excluding carboxylic acids is 1. The first-order chi connectivity index (χ1) is 16.2. The summed E-state index contributed by atoms with van der Waals surface area (Å²) >= 11 is 0. The molecular formula is C22H31F3N8O. The van der Waals surface area contributed by atoms with E-state index < -0.39 is 11.7 Å². The van der Waals surface area contributed by atoms with Crippen molar-refractivity contribution < 1.29 is 18.0 Å². The minimum atomic E-state index is -4.58.